The Hall–Kier alpha value is -2.31. The van der Waals surface area contributed by atoms with E-state index in [0.29, 0.717) is 0 Å². The Bertz CT molecular complexity index is 459. The van der Waals surface area contributed by atoms with Crippen molar-refractivity contribution in [2.45, 2.75) is 20.0 Å². The molecular formula is C11H14N2O5. The number of nitro groups is 1. The second kappa shape index (κ2) is 5.85. The summed E-state index contributed by atoms with van der Waals surface area (Å²) in [5, 5.41) is 22.0. The highest BCUT2D eigenvalue weighted by Crippen LogP contribution is 2.35. The molecule has 0 unspecified atom stereocenters. The highest BCUT2D eigenvalue weighted by atomic mass is 16.6. The normalized spacial score (nSPS) is 10.2. The number of nitrogens with one attached hydrogen (secondary N) is 1. The van der Waals surface area contributed by atoms with Crippen molar-refractivity contribution in [1.82, 2.24) is 0 Å². The van der Waals surface area contributed by atoms with E-state index in [0.717, 1.165) is 0 Å². The van der Waals surface area contributed by atoms with E-state index >= 15 is 0 Å². The van der Waals surface area contributed by atoms with Gasteiger partial charge in [0.25, 0.3) is 0 Å². The first-order valence-corrected chi connectivity index (χ1v) is 5.31. The molecule has 0 heterocycles. The van der Waals surface area contributed by atoms with Gasteiger partial charge in [0.15, 0.2) is 5.75 Å². The molecule has 1 rings (SSSR count). The molecule has 0 aliphatic carbocycles. The Morgan fingerprint density at radius 3 is 2.72 bits per heavy atom. The van der Waals surface area contributed by atoms with Crippen molar-refractivity contribution < 1.29 is 19.6 Å². The fourth-order valence-corrected chi connectivity index (χ4v) is 1.37. The summed E-state index contributed by atoms with van der Waals surface area (Å²) >= 11 is 0. The molecule has 0 saturated carbocycles. The maximum atomic E-state index is 11.0. The van der Waals surface area contributed by atoms with Crippen LogP contribution in [0.1, 0.15) is 13.8 Å². The van der Waals surface area contributed by atoms with Gasteiger partial charge in [0.2, 0.25) is 0 Å². The van der Waals surface area contributed by atoms with Crippen LogP contribution in [0, 0.1) is 10.1 Å². The number of rotatable bonds is 6. The van der Waals surface area contributed by atoms with Gasteiger partial charge in [0.1, 0.15) is 12.2 Å². The molecule has 7 nitrogen and oxygen atoms in total. The number of aliphatic carboxylic acids is 1. The Morgan fingerprint density at radius 2 is 2.22 bits per heavy atom. The van der Waals surface area contributed by atoms with Crippen molar-refractivity contribution in [3.63, 3.8) is 0 Å². The van der Waals surface area contributed by atoms with Gasteiger partial charge in [-0.2, -0.15) is 0 Å². The average molecular weight is 254 g/mol. The Morgan fingerprint density at radius 1 is 1.56 bits per heavy atom. The third kappa shape index (κ3) is 3.62. The van der Waals surface area contributed by atoms with Gasteiger partial charge in [0.05, 0.1) is 11.0 Å². The molecule has 0 bridgehead atoms. The Labute approximate surface area is 104 Å². The van der Waals surface area contributed by atoms with Crippen LogP contribution in [0.5, 0.6) is 5.75 Å². The zero-order valence-corrected chi connectivity index (χ0v) is 10.0. The van der Waals surface area contributed by atoms with E-state index in [1.54, 1.807) is 19.9 Å². The zero-order chi connectivity index (χ0) is 13.7. The number of carboxylic acid groups (broad SMARTS) is 1. The molecule has 0 fully saturated rings. The van der Waals surface area contributed by atoms with E-state index < -0.39 is 17.4 Å². The number of carbonyl (C=O) groups is 1. The van der Waals surface area contributed by atoms with Crippen LogP contribution in [-0.2, 0) is 4.79 Å². The Balaban J connectivity index is 3.09. The van der Waals surface area contributed by atoms with Crippen molar-refractivity contribution in [1.29, 1.82) is 0 Å². The molecule has 0 radical (unpaired) electrons. The summed E-state index contributed by atoms with van der Waals surface area (Å²) in [5.74, 6) is -0.982. The number of anilines is 1. The first-order valence-electron chi connectivity index (χ1n) is 5.31. The molecule has 1 aromatic rings. The quantitative estimate of drug-likeness (QED) is 0.593. The molecule has 0 aromatic heterocycles. The number of benzene rings is 1. The lowest BCUT2D eigenvalue weighted by molar-refractivity contribution is -0.385. The zero-order valence-electron chi connectivity index (χ0n) is 10.0. The topological polar surface area (TPSA) is 102 Å². The third-order valence-corrected chi connectivity index (χ3v) is 1.97. The summed E-state index contributed by atoms with van der Waals surface area (Å²) in [7, 11) is 0. The van der Waals surface area contributed by atoms with Gasteiger partial charge in [-0.3, -0.25) is 14.9 Å². The van der Waals surface area contributed by atoms with Crippen LogP contribution >= 0.6 is 0 Å². The molecule has 0 spiro atoms. The average Bonchev–Trinajstić information content (AvgIpc) is 2.25. The minimum absolute atomic E-state index is 0.116. The largest absolute Gasteiger partial charge is 0.484 e. The molecule has 0 aliphatic heterocycles. The van der Waals surface area contributed by atoms with E-state index in [2.05, 4.69) is 5.32 Å². The van der Waals surface area contributed by atoms with Crippen molar-refractivity contribution in [2.24, 2.45) is 0 Å². The first kappa shape index (κ1) is 13.8. The number of carboxylic acids is 1. The second-order valence-corrected chi connectivity index (χ2v) is 3.82. The van der Waals surface area contributed by atoms with Gasteiger partial charge in [-0.1, -0.05) is 6.07 Å². The standard InChI is InChI=1S/C11H14N2O5/c1-7(2)18-9-5-3-4-8(11(9)13(16)17)12-6-10(14)15/h3-5,7,12H,6H2,1-2H3,(H,14,15). The predicted molar refractivity (Wildman–Crippen MR) is 65.0 cm³/mol. The maximum Gasteiger partial charge on any atom is 0.333 e. The summed E-state index contributed by atoms with van der Waals surface area (Å²) in [6.45, 7) is 3.11. The molecule has 0 amide bonds. The number of nitrogens with zero attached hydrogens (tertiary/aromatic N) is 1. The molecule has 98 valence electrons. The van der Waals surface area contributed by atoms with Gasteiger partial charge >= 0.3 is 11.7 Å². The number of ether oxygens (including phenoxy) is 1. The maximum absolute atomic E-state index is 11.0. The number of hydrogen-bond acceptors (Lipinski definition) is 5. The monoisotopic (exact) mass is 254 g/mol. The highest BCUT2D eigenvalue weighted by Gasteiger charge is 2.21. The molecule has 0 atom stereocenters. The van der Waals surface area contributed by atoms with E-state index in [1.807, 2.05) is 0 Å². The van der Waals surface area contributed by atoms with Crippen molar-refractivity contribution >= 4 is 17.3 Å². The number of para-hydroxylation sites is 1. The smallest absolute Gasteiger partial charge is 0.333 e. The van der Waals surface area contributed by atoms with Crippen molar-refractivity contribution in [2.75, 3.05) is 11.9 Å². The molecule has 7 heteroatoms. The molecule has 0 saturated heterocycles. The van der Waals surface area contributed by atoms with Crippen LogP contribution in [0.25, 0.3) is 0 Å². The third-order valence-electron chi connectivity index (χ3n) is 1.97. The van der Waals surface area contributed by atoms with Crippen LogP contribution < -0.4 is 10.1 Å². The van der Waals surface area contributed by atoms with Gasteiger partial charge in [0, 0.05) is 0 Å². The second-order valence-electron chi connectivity index (χ2n) is 3.82. The molecular weight excluding hydrogens is 240 g/mol. The lowest BCUT2D eigenvalue weighted by Crippen LogP contribution is -2.14. The summed E-state index contributed by atoms with van der Waals surface area (Å²) in [6, 6.07) is 4.48. The SMILES string of the molecule is CC(C)Oc1cccc(NCC(=O)O)c1[N+](=O)[O-]. The fourth-order valence-electron chi connectivity index (χ4n) is 1.37. The molecule has 0 aliphatic rings. The van der Waals surface area contributed by atoms with Crippen LogP contribution in [0.2, 0.25) is 0 Å². The minimum atomic E-state index is -1.10. The van der Waals surface area contributed by atoms with Crippen LogP contribution in [-0.4, -0.2) is 28.6 Å². The van der Waals surface area contributed by atoms with Crippen LogP contribution in [0.4, 0.5) is 11.4 Å². The predicted octanol–water partition coefficient (Wildman–Crippen LogP) is 1.88. The number of nitro benzene ring substituents is 1. The highest BCUT2D eigenvalue weighted by molar-refractivity contribution is 5.76. The van der Waals surface area contributed by atoms with E-state index in [-0.39, 0.29) is 23.2 Å². The summed E-state index contributed by atoms with van der Waals surface area (Å²) < 4.78 is 5.33. The van der Waals surface area contributed by atoms with Gasteiger partial charge in [-0.05, 0) is 26.0 Å². The van der Waals surface area contributed by atoms with Gasteiger partial charge in [-0.15, -0.1) is 0 Å². The van der Waals surface area contributed by atoms with Crippen molar-refractivity contribution in [3.05, 3.63) is 28.3 Å². The lowest BCUT2D eigenvalue weighted by Gasteiger charge is -2.12. The summed E-state index contributed by atoms with van der Waals surface area (Å²) in [6.07, 6.45) is -0.210. The van der Waals surface area contributed by atoms with Crippen molar-refractivity contribution in [3.8, 4) is 5.75 Å². The van der Waals surface area contributed by atoms with E-state index in [9.17, 15) is 14.9 Å². The molecule has 1 aromatic carbocycles. The minimum Gasteiger partial charge on any atom is -0.484 e. The Kier molecular flexibility index (Phi) is 4.47. The fraction of sp³-hybridized carbons (Fsp3) is 0.364. The van der Waals surface area contributed by atoms with E-state index in [4.69, 9.17) is 9.84 Å². The van der Waals surface area contributed by atoms with Gasteiger partial charge < -0.3 is 15.2 Å². The summed E-state index contributed by atoms with van der Waals surface area (Å²) in [5.41, 5.74) is -0.131. The van der Waals surface area contributed by atoms with Crippen LogP contribution in [0.15, 0.2) is 18.2 Å². The molecule has 2 N–H and O–H groups in total. The number of hydrogen-bond donors (Lipinski definition) is 2. The lowest BCUT2D eigenvalue weighted by atomic mass is 10.2. The summed E-state index contributed by atoms with van der Waals surface area (Å²) in [4.78, 5) is 20.9. The van der Waals surface area contributed by atoms with Gasteiger partial charge in [-0.25, -0.2) is 0 Å². The molecule has 18 heavy (non-hydrogen) atoms. The van der Waals surface area contributed by atoms with E-state index in [1.165, 1.54) is 12.1 Å². The van der Waals surface area contributed by atoms with Crippen LogP contribution in [0.3, 0.4) is 0 Å². The first-order chi connectivity index (χ1) is 8.41.